The topological polar surface area (TPSA) is 84.4 Å². The lowest BCUT2D eigenvalue weighted by atomic mass is 10.1. The maximum absolute atomic E-state index is 12.4. The fraction of sp³-hybridized carbons (Fsp3) is 0.450. The molecule has 0 aromatic heterocycles. The van der Waals surface area contributed by atoms with Gasteiger partial charge in [-0.15, -0.1) is 0 Å². The number of rotatable bonds is 6. The van der Waals surface area contributed by atoms with E-state index in [0.717, 1.165) is 38.0 Å². The third-order valence-corrected chi connectivity index (χ3v) is 5.08. The molecule has 2 aliphatic rings. The number of amides is 1. The second-order valence-corrected chi connectivity index (χ2v) is 7.28. The zero-order valence-corrected chi connectivity index (χ0v) is 14.8. The number of carbonyl (C=O) groups is 1. The predicted molar refractivity (Wildman–Crippen MR) is 100 cm³/mol. The van der Waals surface area contributed by atoms with Crippen LogP contribution in [0.4, 0.5) is 0 Å². The Labute approximate surface area is 149 Å². The molecule has 1 aromatic carbocycles. The largest absolute Gasteiger partial charge is 0.404 e. The maximum atomic E-state index is 12.4. The Morgan fingerprint density at radius 1 is 1.28 bits per heavy atom. The minimum Gasteiger partial charge on any atom is -0.404 e. The first-order chi connectivity index (χ1) is 12.1. The van der Waals surface area contributed by atoms with Crippen molar-refractivity contribution in [2.24, 2.45) is 23.3 Å². The van der Waals surface area contributed by atoms with Crippen LogP contribution in [0.1, 0.15) is 25.3 Å². The smallest absolute Gasteiger partial charge is 0.267 e. The Morgan fingerprint density at radius 3 is 2.64 bits per heavy atom. The molecule has 0 radical (unpaired) electrons. The summed E-state index contributed by atoms with van der Waals surface area (Å²) in [5, 5.41) is 3.09. The summed E-state index contributed by atoms with van der Waals surface area (Å²) in [7, 11) is 0. The van der Waals surface area contributed by atoms with E-state index in [2.05, 4.69) is 41.4 Å². The molecule has 134 valence electrons. The molecule has 1 aliphatic carbocycles. The van der Waals surface area contributed by atoms with Gasteiger partial charge in [0.25, 0.3) is 5.91 Å². The van der Waals surface area contributed by atoms with E-state index in [1.165, 1.54) is 5.56 Å². The number of nitrogens with zero attached hydrogens (tertiary/aromatic N) is 1. The van der Waals surface area contributed by atoms with Crippen LogP contribution in [0, 0.1) is 11.8 Å². The Balaban J connectivity index is 1.55. The second-order valence-electron chi connectivity index (χ2n) is 7.28. The molecular weight excluding hydrogens is 312 g/mol. The van der Waals surface area contributed by atoms with Crippen LogP contribution in [0.2, 0.25) is 0 Å². The highest BCUT2D eigenvalue weighted by Gasteiger charge is 2.31. The molecule has 3 rings (SSSR count). The summed E-state index contributed by atoms with van der Waals surface area (Å²) in [6.45, 7) is 4.90. The molecule has 1 aromatic rings. The van der Waals surface area contributed by atoms with Crippen molar-refractivity contribution in [3.8, 4) is 0 Å². The highest BCUT2D eigenvalue weighted by molar-refractivity contribution is 5.93. The standard InChI is InChI=1S/C20H28N4O/c1-14-11-24(12-15-5-3-2-4-6-15)13-19(14)23-20(25)18(22)9-17(10-21)16-7-8-16/h2-6,9-10,14,16,19H,7-8,11-13,21-22H2,1H3,(H,23,25)/b17-10+,18-9-. The third kappa shape index (κ3) is 4.63. The van der Waals surface area contributed by atoms with Crippen LogP contribution in [-0.4, -0.2) is 29.9 Å². The zero-order chi connectivity index (χ0) is 17.8. The van der Waals surface area contributed by atoms with Gasteiger partial charge in [0.1, 0.15) is 0 Å². The van der Waals surface area contributed by atoms with E-state index in [9.17, 15) is 4.79 Å². The molecule has 2 fully saturated rings. The third-order valence-electron chi connectivity index (χ3n) is 5.08. The minimum absolute atomic E-state index is 0.120. The maximum Gasteiger partial charge on any atom is 0.267 e. The number of hydrogen-bond donors (Lipinski definition) is 3. The summed E-state index contributed by atoms with van der Waals surface area (Å²) in [4.78, 5) is 14.8. The number of nitrogens with two attached hydrogens (primary N) is 2. The molecule has 2 unspecified atom stereocenters. The van der Waals surface area contributed by atoms with Crippen LogP contribution in [-0.2, 0) is 11.3 Å². The molecule has 5 heteroatoms. The van der Waals surface area contributed by atoms with Crippen LogP contribution >= 0.6 is 0 Å². The van der Waals surface area contributed by atoms with Crippen molar-refractivity contribution in [3.05, 3.63) is 59.4 Å². The molecule has 1 saturated carbocycles. The SMILES string of the molecule is CC1CN(Cc2ccccc2)CC1NC(=O)/C(N)=C/C(=C\N)C1CC1. The van der Waals surface area contributed by atoms with Gasteiger partial charge in [-0.3, -0.25) is 9.69 Å². The lowest BCUT2D eigenvalue weighted by Gasteiger charge is -2.17. The quantitative estimate of drug-likeness (QED) is 0.544. The van der Waals surface area contributed by atoms with Crippen LogP contribution < -0.4 is 16.8 Å². The van der Waals surface area contributed by atoms with Gasteiger partial charge in [0.2, 0.25) is 0 Å². The fourth-order valence-electron chi connectivity index (χ4n) is 3.44. The molecule has 5 nitrogen and oxygen atoms in total. The van der Waals surface area contributed by atoms with E-state index < -0.39 is 0 Å². The molecule has 1 aliphatic heterocycles. The molecule has 1 amide bonds. The van der Waals surface area contributed by atoms with E-state index >= 15 is 0 Å². The van der Waals surface area contributed by atoms with Gasteiger partial charge in [-0.2, -0.15) is 0 Å². The highest BCUT2D eigenvalue weighted by atomic mass is 16.2. The summed E-state index contributed by atoms with van der Waals surface area (Å²) in [5.74, 6) is 0.676. The monoisotopic (exact) mass is 340 g/mol. The van der Waals surface area contributed by atoms with Crippen LogP contribution in [0.5, 0.6) is 0 Å². The first-order valence-corrected chi connectivity index (χ1v) is 9.03. The van der Waals surface area contributed by atoms with Crippen molar-refractivity contribution < 1.29 is 4.79 Å². The number of benzene rings is 1. The van der Waals surface area contributed by atoms with Gasteiger partial charge in [-0.25, -0.2) is 0 Å². The molecule has 5 N–H and O–H groups in total. The Morgan fingerprint density at radius 2 is 2.00 bits per heavy atom. The van der Waals surface area contributed by atoms with Gasteiger partial charge in [-0.05, 0) is 48.1 Å². The lowest BCUT2D eigenvalue weighted by Crippen LogP contribution is -2.41. The van der Waals surface area contributed by atoms with Crippen molar-refractivity contribution in [3.63, 3.8) is 0 Å². The lowest BCUT2D eigenvalue weighted by molar-refractivity contribution is -0.118. The van der Waals surface area contributed by atoms with Gasteiger partial charge >= 0.3 is 0 Å². The molecule has 1 heterocycles. The summed E-state index contributed by atoms with van der Waals surface area (Å²) >= 11 is 0. The Kier molecular flexibility index (Phi) is 5.43. The molecule has 1 saturated heterocycles. The van der Waals surface area contributed by atoms with Crippen molar-refractivity contribution in [2.75, 3.05) is 13.1 Å². The van der Waals surface area contributed by atoms with Gasteiger partial charge < -0.3 is 16.8 Å². The molecule has 25 heavy (non-hydrogen) atoms. The van der Waals surface area contributed by atoms with Gasteiger partial charge in [0.05, 0.1) is 5.70 Å². The summed E-state index contributed by atoms with van der Waals surface area (Å²) in [5.41, 5.74) is 14.1. The second kappa shape index (κ2) is 7.74. The van der Waals surface area contributed by atoms with Gasteiger partial charge in [-0.1, -0.05) is 37.3 Å². The normalized spacial score (nSPS) is 25.2. The van der Waals surface area contributed by atoms with Gasteiger partial charge in [0, 0.05) is 25.7 Å². The molecular formula is C20H28N4O. The summed E-state index contributed by atoms with van der Waals surface area (Å²) in [6, 6.07) is 10.5. The number of hydrogen-bond acceptors (Lipinski definition) is 4. The Bertz CT molecular complexity index is 664. The predicted octanol–water partition coefficient (Wildman–Crippen LogP) is 1.72. The van der Waals surface area contributed by atoms with Crippen LogP contribution in [0.3, 0.4) is 0 Å². The molecule has 0 spiro atoms. The van der Waals surface area contributed by atoms with Crippen molar-refractivity contribution >= 4 is 5.91 Å². The average molecular weight is 340 g/mol. The number of likely N-dealkylation sites (tertiary alicyclic amines) is 1. The number of carbonyl (C=O) groups excluding carboxylic acids is 1. The first kappa shape index (κ1) is 17.5. The zero-order valence-electron chi connectivity index (χ0n) is 14.8. The van der Waals surface area contributed by atoms with E-state index in [1.54, 1.807) is 12.3 Å². The number of allylic oxidation sites excluding steroid dienone is 2. The summed E-state index contributed by atoms with van der Waals surface area (Å²) < 4.78 is 0. The molecule has 0 bridgehead atoms. The fourth-order valence-corrected chi connectivity index (χ4v) is 3.44. The van der Waals surface area contributed by atoms with Crippen molar-refractivity contribution in [1.82, 2.24) is 10.2 Å². The van der Waals surface area contributed by atoms with E-state index in [1.807, 2.05) is 6.07 Å². The van der Waals surface area contributed by atoms with E-state index in [4.69, 9.17) is 11.5 Å². The summed E-state index contributed by atoms with van der Waals surface area (Å²) in [6.07, 6.45) is 5.55. The van der Waals surface area contributed by atoms with Crippen LogP contribution in [0.25, 0.3) is 0 Å². The molecule has 2 atom stereocenters. The van der Waals surface area contributed by atoms with E-state index in [-0.39, 0.29) is 17.6 Å². The average Bonchev–Trinajstić information content (AvgIpc) is 3.39. The van der Waals surface area contributed by atoms with Crippen molar-refractivity contribution in [1.29, 1.82) is 0 Å². The number of nitrogens with one attached hydrogen (secondary N) is 1. The minimum atomic E-state index is -0.196. The first-order valence-electron chi connectivity index (χ1n) is 9.03. The van der Waals surface area contributed by atoms with Gasteiger partial charge in [0.15, 0.2) is 0 Å². The van der Waals surface area contributed by atoms with Crippen molar-refractivity contribution in [2.45, 2.75) is 32.4 Å². The van der Waals surface area contributed by atoms with Crippen LogP contribution in [0.15, 0.2) is 53.9 Å². The highest BCUT2D eigenvalue weighted by Crippen LogP contribution is 2.36. The van der Waals surface area contributed by atoms with E-state index in [0.29, 0.717) is 11.8 Å². The Hall–Kier alpha value is -2.27.